The van der Waals surface area contributed by atoms with Crippen molar-refractivity contribution >= 4 is 17.5 Å². The molecule has 112 valence electrons. The lowest BCUT2D eigenvalue weighted by Gasteiger charge is -2.09. The number of nitrogens with zero attached hydrogens (tertiary/aromatic N) is 1. The zero-order valence-corrected chi connectivity index (χ0v) is 12.2. The van der Waals surface area contributed by atoms with E-state index in [0.717, 1.165) is 0 Å². The van der Waals surface area contributed by atoms with E-state index in [1.165, 1.54) is 18.2 Å². The molecule has 0 atom stereocenters. The number of halogens is 2. The number of carbonyl (C=O) groups is 1. The summed E-state index contributed by atoms with van der Waals surface area (Å²) in [6.45, 7) is -0.171. The lowest BCUT2D eigenvalue weighted by molar-refractivity contribution is -0.123. The van der Waals surface area contributed by atoms with Gasteiger partial charge in [-0.05, 0) is 24.3 Å². The molecule has 0 aliphatic heterocycles. The van der Waals surface area contributed by atoms with E-state index in [1.807, 2.05) is 6.07 Å². The van der Waals surface area contributed by atoms with Gasteiger partial charge < -0.3 is 10.1 Å². The van der Waals surface area contributed by atoms with Crippen LogP contribution in [0.25, 0.3) is 0 Å². The molecule has 0 aliphatic carbocycles. The minimum Gasteiger partial charge on any atom is -0.482 e. The van der Waals surface area contributed by atoms with E-state index in [9.17, 15) is 9.18 Å². The van der Waals surface area contributed by atoms with Crippen LogP contribution in [0.15, 0.2) is 42.5 Å². The first-order valence-electron chi connectivity index (χ1n) is 6.42. The van der Waals surface area contributed by atoms with Crippen molar-refractivity contribution in [3.8, 4) is 11.8 Å². The third-order valence-electron chi connectivity index (χ3n) is 2.85. The highest BCUT2D eigenvalue weighted by Crippen LogP contribution is 2.25. The summed E-state index contributed by atoms with van der Waals surface area (Å²) < 4.78 is 18.7. The molecule has 0 aliphatic rings. The van der Waals surface area contributed by atoms with Crippen LogP contribution >= 0.6 is 11.6 Å². The van der Waals surface area contributed by atoms with Crippen molar-refractivity contribution in [1.29, 1.82) is 5.26 Å². The van der Waals surface area contributed by atoms with E-state index in [0.29, 0.717) is 16.9 Å². The molecule has 1 N–H and O–H groups in total. The molecule has 2 aromatic carbocycles. The normalized spacial score (nSPS) is 9.86. The maximum Gasteiger partial charge on any atom is 0.258 e. The third-order valence-corrected chi connectivity index (χ3v) is 3.15. The fourth-order valence-electron chi connectivity index (χ4n) is 1.72. The first kappa shape index (κ1) is 15.8. The van der Waals surface area contributed by atoms with Gasteiger partial charge in [0.15, 0.2) is 6.61 Å². The number of carbonyl (C=O) groups excluding carboxylic acids is 1. The summed E-state index contributed by atoms with van der Waals surface area (Å²) in [6.07, 6.45) is 0. The third kappa shape index (κ3) is 4.21. The highest BCUT2D eigenvalue weighted by atomic mass is 35.5. The van der Waals surface area contributed by atoms with E-state index >= 15 is 0 Å². The van der Waals surface area contributed by atoms with Crippen LogP contribution in [0.4, 0.5) is 4.39 Å². The molecule has 0 fully saturated rings. The quantitative estimate of drug-likeness (QED) is 0.921. The van der Waals surface area contributed by atoms with Crippen LogP contribution in [0.1, 0.15) is 11.1 Å². The number of hydrogen-bond donors (Lipinski definition) is 1. The van der Waals surface area contributed by atoms with Crippen molar-refractivity contribution in [3.63, 3.8) is 0 Å². The van der Waals surface area contributed by atoms with Gasteiger partial charge in [-0.2, -0.15) is 5.26 Å². The average Bonchev–Trinajstić information content (AvgIpc) is 2.52. The summed E-state index contributed by atoms with van der Waals surface area (Å²) in [4.78, 5) is 11.7. The van der Waals surface area contributed by atoms with Crippen LogP contribution in [0, 0.1) is 17.1 Å². The maximum absolute atomic E-state index is 13.4. The Morgan fingerprint density at radius 1 is 1.32 bits per heavy atom. The number of nitrogens with one attached hydrogen (secondary N) is 1. The lowest BCUT2D eigenvalue weighted by Crippen LogP contribution is -2.28. The molecular formula is C16H12ClFN2O2. The fraction of sp³-hybridized carbons (Fsp3) is 0.125. The molecule has 22 heavy (non-hydrogen) atoms. The second-order valence-electron chi connectivity index (χ2n) is 4.41. The molecule has 0 heterocycles. The topological polar surface area (TPSA) is 62.1 Å². The van der Waals surface area contributed by atoms with Crippen molar-refractivity contribution in [3.05, 3.63) is 64.4 Å². The van der Waals surface area contributed by atoms with Crippen LogP contribution in [0.2, 0.25) is 5.02 Å². The van der Waals surface area contributed by atoms with Gasteiger partial charge in [0.05, 0.1) is 16.7 Å². The first-order chi connectivity index (χ1) is 10.6. The molecule has 0 saturated carbocycles. The molecule has 0 spiro atoms. The Morgan fingerprint density at radius 3 is 2.77 bits per heavy atom. The number of rotatable bonds is 5. The Kier molecular flexibility index (Phi) is 5.34. The smallest absolute Gasteiger partial charge is 0.258 e. The molecule has 2 rings (SSSR count). The van der Waals surface area contributed by atoms with E-state index in [1.54, 1.807) is 24.3 Å². The molecule has 1 amide bonds. The van der Waals surface area contributed by atoms with Crippen LogP contribution in [-0.4, -0.2) is 12.5 Å². The van der Waals surface area contributed by atoms with Gasteiger partial charge in [-0.1, -0.05) is 29.8 Å². The van der Waals surface area contributed by atoms with Crippen molar-refractivity contribution in [2.75, 3.05) is 6.61 Å². The zero-order chi connectivity index (χ0) is 15.9. The Labute approximate surface area is 132 Å². The van der Waals surface area contributed by atoms with Gasteiger partial charge in [0.25, 0.3) is 5.91 Å². The molecule has 2 aromatic rings. The second-order valence-corrected chi connectivity index (χ2v) is 4.82. The van der Waals surface area contributed by atoms with Crippen LogP contribution in [-0.2, 0) is 11.3 Å². The predicted molar refractivity (Wildman–Crippen MR) is 79.9 cm³/mol. The largest absolute Gasteiger partial charge is 0.482 e. The summed E-state index contributed by atoms with van der Waals surface area (Å²) in [6, 6.07) is 12.7. The Balaban J connectivity index is 1.86. The van der Waals surface area contributed by atoms with Crippen LogP contribution < -0.4 is 10.1 Å². The summed E-state index contributed by atoms with van der Waals surface area (Å²) >= 11 is 5.93. The van der Waals surface area contributed by atoms with E-state index < -0.39 is 5.91 Å². The summed E-state index contributed by atoms with van der Waals surface area (Å²) in [5, 5.41) is 11.5. The Morgan fingerprint density at radius 2 is 2.09 bits per heavy atom. The van der Waals surface area contributed by atoms with Crippen molar-refractivity contribution in [1.82, 2.24) is 5.32 Å². The maximum atomic E-state index is 13.4. The number of ether oxygens (including phenoxy) is 1. The van der Waals surface area contributed by atoms with Crippen molar-refractivity contribution < 1.29 is 13.9 Å². The van der Waals surface area contributed by atoms with Gasteiger partial charge in [0, 0.05) is 12.1 Å². The number of amides is 1. The number of benzene rings is 2. The Bertz CT molecular complexity index is 728. The highest BCUT2D eigenvalue weighted by molar-refractivity contribution is 6.32. The fourth-order valence-corrected chi connectivity index (χ4v) is 1.95. The van der Waals surface area contributed by atoms with Gasteiger partial charge in [-0.15, -0.1) is 0 Å². The van der Waals surface area contributed by atoms with Crippen molar-refractivity contribution in [2.45, 2.75) is 6.54 Å². The SMILES string of the molecule is N#Cc1ccc(OCC(=O)NCc2ccccc2F)c(Cl)c1. The Hall–Kier alpha value is -2.58. The standard InChI is InChI=1S/C16H12ClFN2O2/c17-13-7-11(8-19)5-6-15(13)22-10-16(21)20-9-12-3-1-2-4-14(12)18/h1-7H,9-10H2,(H,20,21). The molecule has 0 radical (unpaired) electrons. The molecule has 0 saturated heterocycles. The van der Waals surface area contributed by atoms with E-state index in [2.05, 4.69) is 5.32 Å². The average molecular weight is 319 g/mol. The molecule has 0 aromatic heterocycles. The van der Waals surface area contributed by atoms with Gasteiger partial charge in [-0.3, -0.25) is 4.79 Å². The molecule has 4 nitrogen and oxygen atoms in total. The predicted octanol–water partition coefficient (Wildman–Crippen LogP) is 3.05. The van der Waals surface area contributed by atoms with E-state index in [-0.39, 0.29) is 24.0 Å². The van der Waals surface area contributed by atoms with Crippen LogP contribution in [0.3, 0.4) is 0 Å². The van der Waals surface area contributed by atoms with Gasteiger partial charge in [0.2, 0.25) is 0 Å². The van der Waals surface area contributed by atoms with Crippen LogP contribution in [0.5, 0.6) is 5.75 Å². The van der Waals surface area contributed by atoms with Gasteiger partial charge in [0.1, 0.15) is 11.6 Å². The summed E-state index contributed by atoms with van der Waals surface area (Å²) in [5.74, 6) is -0.468. The van der Waals surface area contributed by atoms with Gasteiger partial charge in [-0.25, -0.2) is 4.39 Å². The van der Waals surface area contributed by atoms with Crippen molar-refractivity contribution in [2.24, 2.45) is 0 Å². The molecule has 6 heteroatoms. The van der Waals surface area contributed by atoms with Gasteiger partial charge >= 0.3 is 0 Å². The number of nitriles is 1. The zero-order valence-electron chi connectivity index (χ0n) is 11.5. The highest BCUT2D eigenvalue weighted by Gasteiger charge is 2.08. The summed E-state index contributed by atoms with van der Waals surface area (Å²) in [5.41, 5.74) is 0.800. The molecule has 0 bridgehead atoms. The van der Waals surface area contributed by atoms with E-state index in [4.69, 9.17) is 21.6 Å². The lowest BCUT2D eigenvalue weighted by atomic mass is 10.2. The summed E-state index contributed by atoms with van der Waals surface area (Å²) in [7, 11) is 0. The first-order valence-corrected chi connectivity index (χ1v) is 6.80. The number of hydrogen-bond acceptors (Lipinski definition) is 3. The minimum absolute atomic E-state index is 0.0793. The monoisotopic (exact) mass is 318 g/mol. The molecule has 0 unspecified atom stereocenters. The molecular weight excluding hydrogens is 307 g/mol. The second kappa shape index (κ2) is 7.43. The minimum atomic E-state index is -0.399.